The number of halogens is 1. The number of carboxylic acids is 1. The zero-order valence-corrected chi connectivity index (χ0v) is 11.9. The first-order valence-corrected chi connectivity index (χ1v) is 6.33. The van der Waals surface area contributed by atoms with Crippen LogP contribution in [0.3, 0.4) is 0 Å². The summed E-state index contributed by atoms with van der Waals surface area (Å²) < 4.78 is 6.74. The molecular weight excluding hydrogens is 284 g/mol. The summed E-state index contributed by atoms with van der Waals surface area (Å²) in [5, 5.41) is 8.54. The number of hydrogen-bond acceptors (Lipinski definition) is 2. The van der Waals surface area contributed by atoms with Crippen molar-refractivity contribution < 1.29 is 14.6 Å². The standard InChI is InChI=1S/C13H17BrO3/c1-8-7-11(14)9(2)10(3)13(8)17-6-4-5-12(15)16/h7H,4-6H2,1-3H3,(H,15,16). The average Bonchev–Trinajstić information content (AvgIpc) is 2.24. The van der Waals surface area contributed by atoms with E-state index < -0.39 is 5.97 Å². The number of carbonyl (C=O) groups is 1. The predicted molar refractivity (Wildman–Crippen MR) is 70.7 cm³/mol. The van der Waals surface area contributed by atoms with Crippen molar-refractivity contribution in [3.05, 3.63) is 27.2 Å². The highest BCUT2D eigenvalue weighted by atomic mass is 79.9. The Kier molecular flexibility index (Phi) is 5.00. The number of carboxylic acid groups (broad SMARTS) is 1. The van der Waals surface area contributed by atoms with Gasteiger partial charge in [0, 0.05) is 10.9 Å². The first-order chi connectivity index (χ1) is 7.93. The van der Waals surface area contributed by atoms with E-state index in [2.05, 4.69) is 15.9 Å². The van der Waals surface area contributed by atoms with Crippen molar-refractivity contribution in [1.82, 2.24) is 0 Å². The molecule has 17 heavy (non-hydrogen) atoms. The normalized spacial score (nSPS) is 10.4. The van der Waals surface area contributed by atoms with Crippen molar-refractivity contribution in [3.63, 3.8) is 0 Å². The van der Waals surface area contributed by atoms with Crippen LogP contribution in [-0.2, 0) is 4.79 Å². The van der Waals surface area contributed by atoms with Gasteiger partial charge in [-0.1, -0.05) is 15.9 Å². The maximum Gasteiger partial charge on any atom is 0.303 e. The van der Waals surface area contributed by atoms with Gasteiger partial charge in [-0.2, -0.15) is 0 Å². The van der Waals surface area contributed by atoms with Gasteiger partial charge in [0.25, 0.3) is 0 Å². The molecule has 0 amide bonds. The molecule has 0 aliphatic carbocycles. The van der Waals surface area contributed by atoms with Gasteiger partial charge in [-0.3, -0.25) is 4.79 Å². The second kappa shape index (κ2) is 6.05. The number of aliphatic carboxylic acids is 1. The molecule has 0 heterocycles. The molecule has 0 radical (unpaired) electrons. The highest BCUT2D eigenvalue weighted by Gasteiger charge is 2.10. The predicted octanol–water partition coefficient (Wildman–Crippen LogP) is 3.62. The number of hydrogen-bond donors (Lipinski definition) is 1. The van der Waals surface area contributed by atoms with E-state index in [4.69, 9.17) is 9.84 Å². The number of rotatable bonds is 5. The minimum atomic E-state index is -0.783. The average molecular weight is 301 g/mol. The first-order valence-electron chi connectivity index (χ1n) is 5.54. The second-order valence-corrected chi connectivity index (χ2v) is 4.95. The molecule has 3 nitrogen and oxygen atoms in total. The highest BCUT2D eigenvalue weighted by Crippen LogP contribution is 2.31. The molecule has 94 valence electrons. The van der Waals surface area contributed by atoms with Crippen LogP contribution in [0, 0.1) is 20.8 Å². The van der Waals surface area contributed by atoms with Crippen LogP contribution in [0.25, 0.3) is 0 Å². The molecule has 0 atom stereocenters. The third kappa shape index (κ3) is 3.73. The van der Waals surface area contributed by atoms with Crippen LogP contribution in [0.5, 0.6) is 5.75 Å². The van der Waals surface area contributed by atoms with Crippen molar-refractivity contribution in [2.24, 2.45) is 0 Å². The largest absolute Gasteiger partial charge is 0.493 e. The summed E-state index contributed by atoms with van der Waals surface area (Å²) in [7, 11) is 0. The SMILES string of the molecule is Cc1cc(Br)c(C)c(C)c1OCCCC(=O)O. The molecule has 0 bridgehead atoms. The Morgan fingerprint density at radius 3 is 2.59 bits per heavy atom. The molecule has 0 saturated carbocycles. The minimum Gasteiger partial charge on any atom is -0.493 e. The molecule has 0 aliphatic heterocycles. The molecule has 0 aromatic heterocycles. The van der Waals surface area contributed by atoms with E-state index >= 15 is 0 Å². The summed E-state index contributed by atoms with van der Waals surface area (Å²) in [6, 6.07) is 2.02. The third-order valence-corrected chi connectivity index (χ3v) is 3.57. The van der Waals surface area contributed by atoms with E-state index in [1.165, 1.54) is 0 Å². The van der Waals surface area contributed by atoms with Crippen LogP contribution in [-0.4, -0.2) is 17.7 Å². The Morgan fingerprint density at radius 2 is 2.00 bits per heavy atom. The summed E-state index contributed by atoms with van der Waals surface area (Å²) in [6.07, 6.45) is 0.678. The number of benzene rings is 1. The van der Waals surface area contributed by atoms with E-state index in [0.29, 0.717) is 13.0 Å². The quantitative estimate of drug-likeness (QED) is 0.845. The van der Waals surface area contributed by atoms with Gasteiger partial charge in [0.05, 0.1) is 6.61 Å². The van der Waals surface area contributed by atoms with Crippen LogP contribution in [0.15, 0.2) is 10.5 Å². The lowest BCUT2D eigenvalue weighted by Crippen LogP contribution is -2.04. The van der Waals surface area contributed by atoms with Gasteiger partial charge < -0.3 is 9.84 Å². The summed E-state index contributed by atoms with van der Waals surface area (Å²) in [5.41, 5.74) is 3.33. The first kappa shape index (κ1) is 14.0. The van der Waals surface area contributed by atoms with Crippen molar-refractivity contribution in [1.29, 1.82) is 0 Å². The summed E-state index contributed by atoms with van der Waals surface area (Å²) in [5.74, 6) is 0.0881. The van der Waals surface area contributed by atoms with E-state index in [0.717, 1.165) is 26.9 Å². The van der Waals surface area contributed by atoms with E-state index in [1.54, 1.807) is 0 Å². The topological polar surface area (TPSA) is 46.5 Å². The van der Waals surface area contributed by atoms with Crippen molar-refractivity contribution >= 4 is 21.9 Å². The molecule has 0 fully saturated rings. The van der Waals surface area contributed by atoms with Gasteiger partial charge in [-0.25, -0.2) is 0 Å². The van der Waals surface area contributed by atoms with Gasteiger partial charge in [-0.05, 0) is 49.9 Å². The fraction of sp³-hybridized carbons (Fsp3) is 0.462. The Hall–Kier alpha value is -1.03. The van der Waals surface area contributed by atoms with Crippen LogP contribution < -0.4 is 4.74 Å². The van der Waals surface area contributed by atoms with Gasteiger partial charge in [0.15, 0.2) is 0 Å². The molecule has 4 heteroatoms. The van der Waals surface area contributed by atoms with Gasteiger partial charge in [0.1, 0.15) is 5.75 Å². The second-order valence-electron chi connectivity index (χ2n) is 4.10. The highest BCUT2D eigenvalue weighted by molar-refractivity contribution is 9.10. The van der Waals surface area contributed by atoms with Gasteiger partial charge in [-0.15, -0.1) is 0 Å². The Morgan fingerprint density at radius 1 is 1.35 bits per heavy atom. The summed E-state index contributed by atoms with van der Waals surface area (Å²) in [4.78, 5) is 10.4. The summed E-state index contributed by atoms with van der Waals surface area (Å²) >= 11 is 3.50. The van der Waals surface area contributed by atoms with Crippen LogP contribution in [0.4, 0.5) is 0 Å². The molecule has 1 aromatic carbocycles. The Bertz CT molecular complexity index is 427. The zero-order chi connectivity index (χ0) is 13.0. The summed E-state index contributed by atoms with van der Waals surface area (Å²) in [6.45, 7) is 6.47. The van der Waals surface area contributed by atoms with Crippen LogP contribution in [0.2, 0.25) is 0 Å². The van der Waals surface area contributed by atoms with Crippen molar-refractivity contribution in [3.8, 4) is 5.75 Å². The Balaban J connectivity index is 2.71. The number of aryl methyl sites for hydroxylation is 1. The molecule has 1 aromatic rings. The lowest BCUT2D eigenvalue weighted by atomic mass is 10.1. The molecular formula is C13H17BrO3. The van der Waals surface area contributed by atoms with Crippen molar-refractivity contribution in [2.45, 2.75) is 33.6 Å². The van der Waals surface area contributed by atoms with E-state index in [-0.39, 0.29) is 6.42 Å². The van der Waals surface area contributed by atoms with E-state index in [1.807, 2.05) is 26.8 Å². The fourth-order valence-electron chi connectivity index (χ4n) is 1.63. The zero-order valence-electron chi connectivity index (χ0n) is 10.3. The Labute approximate surface area is 110 Å². The fourth-order valence-corrected chi connectivity index (χ4v) is 2.27. The molecule has 0 unspecified atom stereocenters. The molecule has 1 rings (SSSR count). The molecule has 0 aliphatic rings. The van der Waals surface area contributed by atoms with Crippen LogP contribution in [0.1, 0.15) is 29.5 Å². The lowest BCUT2D eigenvalue weighted by Gasteiger charge is -2.15. The smallest absolute Gasteiger partial charge is 0.303 e. The minimum absolute atomic E-state index is 0.146. The van der Waals surface area contributed by atoms with E-state index in [9.17, 15) is 4.79 Å². The van der Waals surface area contributed by atoms with Gasteiger partial charge in [0.2, 0.25) is 0 Å². The maximum atomic E-state index is 10.4. The molecule has 1 N–H and O–H groups in total. The lowest BCUT2D eigenvalue weighted by molar-refractivity contribution is -0.137. The third-order valence-electron chi connectivity index (χ3n) is 2.74. The molecule has 0 spiro atoms. The monoisotopic (exact) mass is 300 g/mol. The van der Waals surface area contributed by atoms with Gasteiger partial charge >= 0.3 is 5.97 Å². The maximum absolute atomic E-state index is 10.4. The van der Waals surface area contributed by atoms with Crippen molar-refractivity contribution in [2.75, 3.05) is 6.61 Å². The number of ether oxygens (including phenoxy) is 1. The van der Waals surface area contributed by atoms with Crippen LogP contribution >= 0.6 is 15.9 Å². The molecule has 0 saturated heterocycles.